The number of benzene rings is 1. The highest BCUT2D eigenvalue weighted by molar-refractivity contribution is 5.84. The Balaban J connectivity index is 2.06. The van der Waals surface area contributed by atoms with E-state index in [4.69, 9.17) is 0 Å². The minimum absolute atomic E-state index is 0.464. The van der Waals surface area contributed by atoms with E-state index in [9.17, 15) is 15.0 Å². The third-order valence-corrected chi connectivity index (χ3v) is 3.33. The molecule has 94 valence electrons. The lowest BCUT2D eigenvalue weighted by atomic mass is 9.93. The number of hydrogen-bond donors (Lipinski definition) is 5. The number of carbonyl (C=O) groups is 1. The highest BCUT2D eigenvalue weighted by Gasteiger charge is 2.41. The molecule has 1 aliphatic heterocycles. The number of hydrogen-bond acceptors (Lipinski definition) is 4. The molecule has 2 aromatic rings. The molecule has 1 aliphatic rings. The number of aliphatic carboxylic acids is 1. The zero-order valence-electron chi connectivity index (χ0n) is 9.42. The monoisotopic (exact) mass is 247 g/mol. The molecule has 2 heterocycles. The number of aromatic nitrogens is 1. The van der Waals surface area contributed by atoms with Crippen LogP contribution in [-0.2, 0) is 4.79 Å². The molecule has 5 N–H and O–H groups in total. The van der Waals surface area contributed by atoms with Crippen LogP contribution in [0.5, 0.6) is 0 Å². The Labute approximate surface area is 103 Å². The predicted octanol–water partition coefficient (Wildman–Crippen LogP) is 0.336. The Bertz CT molecular complexity index is 595. The minimum Gasteiger partial charge on any atom is -0.481 e. The summed E-state index contributed by atoms with van der Waals surface area (Å²) >= 11 is 0. The molecule has 6 heteroatoms. The van der Waals surface area contributed by atoms with Gasteiger partial charge in [0, 0.05) is 17.1 Å². The number of aromatic amines is 1. The normalized spacial score (nSPS) is 27.7. The molecule has 18 heavy (non-hydrogen) atoms. The quantitative estimate of drug-likeness (QED) is 0.527. The first-order valence-electron chi connectivity index (χ1n) is 5.66. The lowest BCUT2D eigenvalue weighted by molar-refractivity contribution is -0.145. The fraction of sp³-hybridized carbons (Fsp3) is 0.250. The maximum absolute atomic E-state index is 11.2. The van der Waals surface area contributed by atoms with Crippen molar-refractivity contribution >= 4 is 16.9 Å². The van der Waals surface area contributed by atoms with Gasteiger partial charge in [-0.3, -0.25) is 4.79 Å². The van der Waals surface area contributed by atoms with Gasteiger partial charge < -0.3 is 15.2 Å². The van der Waals surface area contributed by atoms with Gasteiger partial charge in [-0.15, -0.1) is 0 Å². The van der Waals surface area contributed by atoms with Crippen molar-refractivity contribution < 1.29 is 15.0 Å². The standard InChI is InChI=1S/C12H13N3O3/c16-11-9(12(17)18)10(14-15-11)7-5-13-8-4-2-1-3-6(7)8/h1-5,9-11,13-16H,(H,17,18). The molecule has 1 aromatic heterocycles. The molecule has 0 aliphatic carbocycles. The van der Waals surface area contributed by atoms with E-state index in [2.05, 4.69) is 15.8 Å². The van der Waals surface area contributed by atoms with Crippen LogP contribution in [0.4, 0.5) is 0 Å². The lowest BCUT2D eigenvalue weighted by Gasteiger charge is -2.15. The SMILES string of the molecule is O=C(O)C1C(O)NNC1c1c[nH]c2ccccc12. The van der Waals surface area contributed by atoms with Gasteiger partial charge in [0.1, 0.15) is 12.1 Å². The summed E-state index contributed by atoms with van der Waals surface area (Å²) in [6, 6.07) is 7.19. The van der Waals surface area contributed by atoms with Crippen molar-refractivity contribution in [1.29, 1.82) is 0 Å². The molecule has 0 saturated carbocycles. The summed E-state index contributed by atoms with van der Waals surface area (Å²) in [5, 5.41) is 19.8. The average molecular weight is 247 g/mol. The summed E-state index contributed by atoms with van der Waals surface area (Å²) in [5.74, 6) is -1.94. The van der Waals surface area contributed by atoms with E-state index in [1.807, 2.05) is 24.3 Å². The van der Waals surface area contributed by atoms with Gasteiger partial charge in [-0.1, -0.05) is 18.2 Å². The van der Waals surface area contributed by atoms with Crippen LogP contribution < -0.4 is 10.9 Å². The smallest absolute Gasteiger partial charge is 0.312 e. The van der Waals surface area contributed by atoms with E-state index in [1.165, 1.54) is 0 Å². The molecule has 0 radical (unpaired) electrons. The molecule has 0 bridgehead atoms. The van der Waals surface area contributed by atoms with Crippen LogP contribution in [0, 0.1) is 5.92 Å². The van der Waals surface area contributed by atoms with Gasteiger partial charge >= 0.3 is 5.97 Å². The summed E-state index contributed by atoms with van der Waals surface area (Å²) in [6.07, 6.45) is 0.680. The van der Waals surface area contributed by atoms with Crippen LogP contribution in [0.15, 0.2) is 30.5 Å². The maximum atomic E-state index is 11.2. The zero-order chi connectivity index (χ0) is 12.7. The van der Waals surface area contributed by atoms with Crippen molar-refractivity contribution in [3.8, 4) is 0 Å². The number of fused-ring (bicyclic) bond motifs is 1. The summed E-state index contributed by atoms with van der Waals surface area (Å²) in [5.41, 5.74) is 7.18. The Morgan fingerprint density at radius 3 is 2.78 bits per heavy atom. The van der Waals surface area contributed by atoms with E-state index in [0.717, 1.165) is 16.5 Å². The number of hydrazine groups is 1. The van der Waals surface area contributed by atoms with Crippen LogP contribution in [0.2, 0.25) is 0 Å². The second kappa shape index (κ2) is 4.09. The van der Waals surface area contributed by atoms with Gasteiger partial charge in [0.05, 0.1) is 6.04 Å². The number of aliphatic hydroxyl groups is 1. The van der Waals surface area contributed by atoms with Crippen LogP contribution >= 0.6 is 0 Å². The van der Waals surface area contributed by atoms with Crippen molar-refractivity contribution in [2.24, 2.45) is 5.92 Å². The fourth-order valence-corrected chi connectivity index (χ4v) is 2.44. The number of carboxylic acids is 1. The second-order valence-electron chi connectivity index (χ2n) is 4.36. The molecule has 1 saturated heterocycles. The Hall–Kier alpha value is -1.89. The number of nitrogens with one attached hydrogen (secondary N) is 3. The van der Waals surface area contributed by atoms with Crippen molar-refractivity contribution in [3.05, 3.63) is 36.0 Å². The number of H-pyrrole nitrogens is 1. The maximum Gasteiger partial charge on any atom is 0.312 e. The third kappa shape index (κ3) is 1.59. The molecule has 0 amide bonds. The van der Waals surface area contributed by atoms with Gasteiger partial charge in [-0.25, -0.2) is 10.9 Å². The average Bonchev–Trinajstić information content (AvgIpc) is 2.92. The summed E-state index contributed by atoms with van der Waals surface area (Å²) in [6.45, 7) is 0. The fourth-order valence-electron chi connectivity index (χ4n) is 2.44. The molecule has 3 rings (SSSR count). The summed E-state index contributed by atoms with van der Waals surface area (Å²) < 4.78 is 0. The lowest BCUT2D eigenvalue weighted by Crippen LogP contribution is -2.33. The minimum atomic E-state index is -1.10. The molecule has 3 atom stereocenters. The number of carboxylic acid groups (broad SMARTS) is 1. The number of rotatable bonds is 2. The van der Waals surface area contributed by atoms with Crippen LogP contribution in [0.1, 0.15) is 11.6 Å². The topological polar surface area (TPSA) is 97.4 Å². The molecular weight excluding hydrogens is 234 g/mol. The van der Waals surface area contributed by atoms with E-state index < -0.39 is 24.2 Å². The third-order valence-electron chi connectivity index (χ3n) is 3.33. The first-order chi connectivity index (χ1) is 8.68. The van der Waals surface area contributed by atoms with Crippen LogP contribution in [0.25, 0.3) is 10.9 Å². The van der Waals surface area contributed by atoms with Crippen LogP contribution in [0.3, 0.4) is 0 Å². The first kappa shape index (κ1) is 11.2. The highest BCUT2D eigenvalue weighted by Crippen LogP contribution is 2.32. The highest BCUT2D eigenvalue weighted by atomic mass is 16.4. The van der Waals surface area contributed by atoms with Gasteiger partial charge in [0.25, 0.3) is 0 Å². The molecule has 0 spiro atoms. The second-order valence-corrected chi connectivity index (χ2v) is 4.36. The molecule has 1 aromatic carbocycles. The van der Waals surface area contributed by atoms with E-state index in [-0.39, 0.29) is 0 Å². The predicted molar refractivity (Wildman–Crippen MR) is 64.4 cm³/mol. The summed E-state index contributed by atoms with van der Waals surface area (Å²) in [4.78, 5) is 14.3. The Morgan fingerprint density at radius 2 is 2.00 bits per heavy atom. The van der Waals surface area contributed by atoms with E-state index >= 15 is 0 Å². The zero-order valence-corrected chi connectivity index (χ0v) is 9.42. The van der Waals surface area contributed by atoms with Gasteiger partial charge in [0.2, 0.25) is 0 Å². The van der Waals surface area contributed by atoms with Crippen molar-refractivity contribution in [1.82, 2.24) is 15.8 Å². The molecule has 3 unspecified atom stereocenters. The van der Waals surface area contributed by atoms with Crippen molar-refractivity contribution in [2.75, 3.05) is 0 Å². The van der Waals surface area contributed by atoms with Crippen molar-refractivity contribution in [2.45, 2.75) is 12.3 Å². The van der Waals surface area contributed by atoms with E-state index in [1.54, 1.807) is 6.20 Å². The largest absolute Gasteiger partial charge is 0.481 e. The van der Waals surface area contributed by atoms with E-state index in [0.29, 0.717) is 0 Å². The van der Waals surface area contributed by atoms with Crippen molar-refractivity contribution in [3.63, 3.8) is 0 Å². The number of para-hydroxylation sites is 1. The summed E-state index contributed by atoms with van der Waals surface area (Å²) in [7, 11) is 0. The molecule has 6 nitrogen and oxygen atoms in total. The first-order valence-corrected chi connectivity index (χ1v) is 5.66. The van der Waals surface area contributed by atoms with Crippen LogP contribution in [-0.4, -0.2) is 27.4 Å². The van der Waals surface area contributed by atoms with Gasteiger partial charge in [-0.05, 0) is 11.6 Å². The van der Waals surface area contributed by atoms with Gasteiger partial charge in [-0.2, -0.15) is 0 Å². The Morgan fingerprint density at radius 1 is 1.22 bits per heavy atom. The molecular formula is C12H13N3O3. The Kier molecular flexibility index (Phi) is 2.55. The number of aliphatic hydroxyl groups excluding tert-OH is 1. The molecule has 1 fully saturated rings. The van der Waals surface area contributed by atoms with Gasteiger partial charge in [0.15, 0.2) is 0 Å².